The van der Waals surface area contributed by atoms with Gasteiger partial charge < -0.3 is 19.8 Å². The molecule has 234 valence electrons. The van der Waals surface area contributed by atoms with Gasteiger partial charge in [-0.05, 0) is 75.2 Å². The minimum atomic E-state index is -0.411. The molecule has 2 aromatic heterocycles. The van der Waals surface area contributed by atoms with Crippen molar-refractivity contribution < 1.29 is 18.7 Å². The number of ether oxygens (including phenoxy) is 2. The number of hydrogen-bond donors (Lipinski definition) is 1. The molecule has 2 N–H and O–H groups in total. The molecule has 2 heterocycles. The van der Waals surface area contributed by atoms with Gasteiger partial charge in [0.05, 0.1) is 24.4 Å². The molecule has 0 atom stereocenters. The summed E-state index contributed by atoms with van der Waals surface area (Å²) in [4.78, 5) is 13.6. The minimum absolute atomic E-state index is 0. The van der Waals surface area contributed by atoms with Gasteiger partial charge in [-0.15, -0.1) is 0 Å². The van der Waals surface area contributed by atoms with Crippen LogP contribution in [0.1, 0.15) is 61.1 Å². The molecule has 0 saturated heterocycles. The van der Waals surface area contributed by atoms with Gasteiger partial charge in [-0.25, -0.2) is 9.18 Å². The Kier molecular flexibility index (Phi) is 11.2. The Hall–Kier alpha value is -3.69. The molecular formula is C35H42BrFN4O3. The van der Waals surface area contributed by atoms with Crippen molar-refractivity contribution in [2.24, 2.45) is 12.8 Å². The maximum atomic E-state index is 16.0. The Morgan fingerprint density at radius 2 is 1.80 bits per heavy atom. The van der Waals surface area contributed by atoms with Crippen LogP contribution in [0.15, 0.2) is 54.6 Å². The number of rotatable bonds is 13. The summed E-state index contributed by atoms with van der Waals surface area (Å²) in [6.45, 7) is 5.47. The van der Waals surface area contributed by atoms with Crippen LogP contribution in [0, 0.1) is 12.7 Å². The zero-order valence-corrected chi connectivity index (χ0v) is 26.5. The average Bonchev–Trinajstić information content (AvgIpc) is 3.48. The number of benzene rings is 3. The van der Waals surface area contributed by atoms with Crippen LogP contribution in [0.25, 0.3) is 32.8 Å². The fourth-order valence-corrected chi connectivity index (χ4v) is 6.29. The van der Waals surface area contributed by atoms with E-state index < -0.39 is 5.97 Å². The number of aromatic nitrogens is 3. The van der Waals surface area contributed by atoms with Gasteiger partial charge >= 0.3 is 5.97 Å². The van der Waals surface area contributed by atoms with E-state index in [1.165, 1.54) is 6.07 Å². The lowest BCUT2D eigenvalue weighted by molar-refractivity contribution is 0.0512. The van der Waals surface area contributed by atoms with Crippen molar-refractivity contribution in [3.63, 3.8) is 0 Å². The van der Waals surface area contributed by atoms with Crippen molar-refractivity contribution in [1.82, 2.24) is 14.3 Å². The fourth-order valence-electron chi connectivity index (χ4n) is 5.90. The summed E-state index contributed by atoms with van der Waals surface area (Å²) in [6.07, 6.45) is 2.73. The molecule has 9 heteroatoms. The molecule has 0 amide bonds. The van der Waals surface area contributed by atoms with E-state index in [1.54, 1.807) is 17.7 Å². The van der Waals surface area contributed by atoms with E-state index >= 15 is 4.39 Å². The van der Waals surface area contributed by atoms with Crippen LogP contribution >= 0.6 is 15.9 Å². The average molecular weight is 666 g/mol. The summed E-state index contributed by atoms with van der Waals surface area (Å²) < 4.78 is 31.5. The molecule has 0 aliphatic heterocycles. The zero-order chi connectivity index (χ0) is 30.5. The highest BCUT2D eigenvalue weighted by Crippen LogP contribution is 2.40. The molecule has 0 fully saturated rings. The number of fused-ring (bicyclic) bond motifs is 2. The number of carbonyl (C=O) groups is 1. The topological polar surface area (TPSA) is 84.3 Å². The van der Waals surface area contributed by atoms with Crippen LogP contribution in [-0.2, 0) is 30.1 Å². The first kappa shape index (κ1) is 33.2. The smallest absolute Gasteiger partial charge is 0.355 e. The zero-order valence-electron chi connectivity index (χ0n) is 25.0. The summed E-state index contributed by atoms with van der Waals surface area (Å²) in [7, 11) is 1.86. The van der Waals surface area contributed by atoms with Crippen molar-refractivity contribution in [3.8, 4) is 16.9 Å². The SMILES string of the molecule is C.CCOC(=O)c1c(CCCOc2cccc3ccccc23)c2ccc(F)c(-c3c(CBr)nn(C)c3C)c2n1CCCCN. The predicted octanol–water partition coefficient (Wildman–Crippen LogP) is 8.10. The van der Waals surface area contributed by atoms with Crippen molar-refractivity contribution in [2.45, 2.75) is 58.8 Å². The highest BCUT2D eigenvalue weighted by atomic mass is 79.9. The van der Waals surface area contributed by atoms with Crippen molar-refractivity contribution in [3.05, 3.63) is 83.1 Å². The molecule has 3 aromatic carbocycles. The number of alkyl halides is 1. The van der Waals surface area contributed by atoms with Gasteiger partial charge in [0.25, 0.3) is 0 Å². The number of esters is 1. The first-order chi connectivity index (χ1) is 20.9. The number of carbonyl (C=O) groups excluding carboxylic acids is 1. The van der Waals surface area contributed by atoms with Gasteiger partial charge in [-0.1, -0.05) is 59.8 Å². The Bertz CT molecular complexity index is 1760. The monoisotopic (exact) mass is 664 g/mol. The van der Waals surface area contributed by atoms with Crippen molar-refractivity contribution in [1.29, 1.82) is 0 Å². The standard InChI is InChI=1S/C34H38BrFN4O3.CH4/c1-4-42-34(41)33-25(14-10-20-43-29-15-9-12-23-11-5-6-13-24(23)29)26-16-17-27(36)31(32(26)40(33)19-8-7-18-37)30-22(2)39(3)38-28(30)21-35;/h5-6,9,11-13,15-17H,4,7-8,10,14,18-21,37H2,1-3H3;1H4. The molecular weight excluding hydrogens is 623 g/mol. The number of nitrogens with zero attached hydrogens (tertiary/aromatic N) is 3. The second kappa shape index (κ2) is 14.9. The Balaban J connectivity index is 0.00000442. The van der Waals surface area contributed by atoms with Gasteiger partial charge in [0, 0.05) is 46.5 Å². The lowest BCUT2D eigenvalue weighted by Gasteiger charge is -2.14. The van der Waals surface area contributed by atoms with Crippen LogP contribution in [0.5, 0.6) is 5.75 Å². The second-order valence-corrected chi connectivity index (χ2v) is 11.2. The molecule has 5 aromatic rings. The molecule has 5 rings (SSSR count). The second-order valence-electron chi connectivity index (χ2n) is 10.6. The normalized spacial score (nSPS) is 11.2. The van der Waals surface area contributed by atoms with Gasteiger partial charge in [0.2, 0.25) is 0 Å². The summed E-state index contributed by atoms with van der Waals surface area (Å²) in [5.41, 5.74) is 10.6. The molecule has 0 spiro atoms. The largest absolute Gasteiger partial charge is 0.493 e. The summed E-state index contributed by atoms with van der Waals surface area (Å²) >= 11 is 3.54. The Morgan fingerprint density at radius 3 is 2.55 bits per heavy atom. The molecule has 0 bridgehead atoms. The number of unbranched alkanes of at least 4 members (excludes halogenated alkanes) is 1. The van der Waals surface area contributed by atoms with E-state index in [2.05, 4.69) is 39.2 Å². The van der Waals surface area contributed by atoms with Gasteiger partial charge in [0.1, 0.15) is 17.3 Å². The summed E-state index contributed by atoms with van der Waals surface area (Å²) in [6, 6.07) is 17.4. The van der Waals surface area contributed by atoms with Crippen LogP contribution in [-0.4, -0.2) is 40.1 Å². The molecule has 0 aliphatic carbocycles. The van der Waals surface area contributed by atoms with Crippen LogP contribution in [0.4, 0.5) is 4.39 Å². The van der Waals surface area contributed by atoms with Gasteiger partial charge in [-0.3, -0.25) is 4.68 Å². The number of aryl methyl sites for hydroxylation is 3. The predicted molar refractivity (Wildman–Crippen MR) is 180 cm³/mol. The van der Waals surface area contributed by atoms with Crippen LogP contribution in [0.3, 0.4) is 0 Å². The first-order valence-corrected chi connectivity index (χ1v) is 15.9. The molecule has 0 radical (unpaired) electrons. The maximum Gasteiger partial charge on any atom is 0.355 e. The van der Waals surface area contributed by atoms with Crippen LogP contribution < -0.4 is 10.5 Å². The Morgan fingerprint density at radius 1 is 1.02 bits per heavy atom. The third-order valence-electron chi connectivity index (χ3n) is 7.94. The van der Waals surface area contributed by atoms with E-state index in [1.807, 2.05) is 42.8 Å². The highest BCUT2D eigenvalue weighted by Gasteiger charge is 2.29. The molecule has 44 heavy (non-hydrogen) atoms. The first-order valence-electron chi connectivity index (χ1n) is 14.8. The minimum Gasteiger partial charge on any atom is -0.493 e. The third-order valence-corrected chi connectivity index (χ3v) is 8.48. The van der Waals surface area contributed by atoms with Crippen molar-refractivity contribution in [2.75, 3.05) is 19.8 Å². The van der Waals surface area contributed by atoms with E-state index in [-0.39, 0.29) is 19.9 Å². The third kappa shape index (κ3) is 6.40. The molecule has 0 aliphatic rings. The van der Waals surface area contributed by atoms with Crippen molar-refractivity contribution >= 4 is 43.6 Å². The number of nitrogens with two attached hydrogens (primary N) is 1. The highest BCUT2D eigenvalue weighted by molar-refractivity contribution is 9.08. The van der Waals surface area contributed by atoms with E-state index in [4.69, 9.17) is 15.2 Å². The number of hydrogen-bond acceptors (Lipinski definition) is 5. The molecule has 0 unspecified atom stereocenters. The van der Waals surface area contributed by atoms with Crippen LogP contribution in [0.2, 0.25) is 0 Å². The maximum absolute atomic E-state index is 16.0. The lowest BCUT2D eigenvalue weighted by atomic mass is 9.98. The van der Waals surface area contributed by atoms with Gasteiger partial charge in [-0.2, -0.15) is 5.10 Å². The van der Waals surface area contributed by atoms with E-state index in [0.717, 1.165) is 57.3 Å². The lowest BCUT2D eigenvalue weighted by Crippen LogP contribution is -2.16. The molecule has 7 nitrogen and oxygen atoms in total. The quantitative estimate of drug-likeness (QED) is 0.0781. The fraction of sp³-hybridized carbons (Fsp3) is 0.371. The van der Waals surface area contributed by atoms with Gasteiger partial charge in [0.15, 0.2) is 0 Å². The summed E-state index contributed by atoms with van der Waals surface area (Å²) in [5, 5.41) is 8.11. The number of halogens is 2. The van der Waals surface area contributed by atoms with E-state index in [0.29, 0.717) is 54.6 Å². The van der Waals surface area contributed by atoms with E-state index in [9.17, 15) is 4.79 Å². The Labute approximate surface area is 267 Å². The molecule has 0 saturated carbocycles. The summed E-state index contributed by atoms with van der Waals surface area (Å²) in [5.74, 6) is 0.0580.